The van der Waals surface area contributed by atoms with Gasteiger partial charge in [0.2, 0.25) is 0 Å². The van der Waals surface area contributed by atoms with Gasteiger partial charge in [-0.1, -0.05) is 96.1 Å². The molecule has 1 aliphatic rings. The predicted octanol–water partition coefficient (Wildman–Crippen LogP) is 7.65. The first kappa shape index (κ1) is 38.3. The zero-order valence-electron chi connectivity index (χ0n) is 28.8. The molecular formula is C37H60N2O6. The van der Waals surface area contributed by atoms with Crippen LogP contribution in [0.15, 0.2) is 40.7 Å². The summed E-state index contributed by atoms with van der Waals surface area (Å²) in [6.07, 6.45) is 17.5. The fraction of sp³-hybridized carbons (Fsp3) is 0.676. The molecule has 0 spiro atoms. The molecule has 0 amide bonds. The molecule has 2 rings (SSSR count). The van der Waals surface area contributed by atoms with Gasteiger partial charge >= 0.3 is 11.9 Å². The number of carbonyl (C=O) groups is 2. The van der Waals surface area contributed by atoms with Gasteiger partial charge in [0.25, 0.3) is 0 Å². The van der Waals surface area contributed by atoms with Crippen LogP contribution >= 0.6 is 0 Å². The molecule has 0 saturated carbocycles. The van der Waals surface area contributed by atoms with Crippen LogP contribution in [-0.4, -0.2) is 52.0 Å². The lowest BCUT2D eigenvalue weighted by molar-refractivity contribution is -0.139. The van der Waals surface area contributed by atoms with E-state index in [0.29, 0.717) is 41.4 Å². The zero-order valence-corrected chi connectivity index (χ0v) is 28.8. The Morgan fingerprint density at radius 1 is 0.800 bits per heavy atom. The Balaban J connectivity index is 2.26. The molecule has 3 N–H and O–H groups in total. The molecule has 45 heavy (non-hydrogen) atoms. The highest BCUT2D eigenvalue weighted by atomic mass is 16.5. The number of aryl methyl sites for hydroxylation is 1. The summed E-state index contributed by atoms with van der Waals surface area (Å²) >= 11 is 0. The number of esters is 2. The van der Waals surface area contributed by atoms with E-state index in [4.69, 9.17) is 24.7 Å². The van der Waals surface area contributed by atoms with Gasteiger partial charge in [-0.05, 0) is 45.2 Å². The fourth-order valence-corrected chi connectivity index (χ4v) is 6.13. The summed E-state index contributed by atoms with van der Waals surface area (Å²) in [5.41, 5.74) is 9.37. The van der Waals surface area contributed by atoms with Crippen LogP contribution in [0, 0.1) is 0 Å². The molecule has 0 aliphatic carbocycles. The van der Waals surface area contributed by atoms with Crippen LogP contribution in [0.3, 0.4) is 0 Å². The summed E-state index contributed by atoms with van der Waals surface area (Å²) in [5.74, 6) is -1.11. The Bertz CT molecular complexity index is 1100. The van der Waals surface area contributed by atoms with Crippen molar-refractivity contribution in [3.63, 3.8) is 0 Å². The average Bonchev–Trinajstić information content (AvgIpc) is 3.03. The SMILES string of the molecule is CCCCCCCCCCCCCCCc1cccc(OC)c1C1C(C(=O)OCC)=C(C)NC(COCCN)=C1C(=O)OCC. The molecule has 1 unspecified atom stereocenters. The van der Waals surface area contributed by atoms with E-state index in [-0.39, 0.29) is 19.8 Å². The van der Waals surface area contributed by atoms with Crippen molar-refractivity contribution in [3.8, 4) is 5.75 Å². The Kier molecular flexibility index (Phi) is 19.3. The van der Waals surface area contributed by atoms with Crippen molar-refractivity contribution >= 4 is 11.9 Å². The van der Waals surface area contributed by atoms with Crippen molar-refractivity contribution in [3.05, 3.63) is 51.9 Å². The molecule has 254 valence electrons. The molecule has 1 heterocycles. The van der Waals surface area contributed by atoms with Crippen LogP contribution in [0.25, 0.3) is 0 Å². The molecule has 0 radical (unpaired) electrons. The first-order valence-electron chi connectivity index (χ1n) is 17.4. The number of hydrogen-bond acceptors (Lipinski definition) is 8. The number of ether oxygens (including phenoxy) is 4. The monoisotopic (exact) mass is 628 g/mol. The van der Waals surface area contributed by atoms with Crippen LogP contribution in [0.4, 0.5) is 0 Å². The number of unbranched alkanes of at least 4 members (excludes halogenated alkanes) is 12. The number of dihydropyridines is 1. The fourth-order valence-electron chi connectivity index (χ4n) is 6.13. The summed E-state index contributed by atoms with van der Waals surface area (Å²) in [5, 5.41) is 3.26. The van der Waals surface area contributed by atoms with Gasteiger partial charge in [-0.25, -0.2) is 9.59 Å². The third kappa shape index (κ3) is 12.5. The van der Waals surface area contributed by atoms with E-state index in [1.54, 1.807) is 21.0 Å². The highest BCUT2D eigenvalue weighted by molar-refractivity contribution is 6.00. The van der Waals surface area contributed by atoms with Crippen molar-refractivity contribution in [1.29, 1.82) is 0 Å². The van der Waals surface area contributed by atoms with Crippen LogP contribution < -0.4 is 15.8 Å². The maximum absolute atomic E-state index is 13.6. The molecule has 0 bridgehead atoms. The number of nitrogens with one attached hydrogen (secondary N) is 1. The van der Waals surface area contributed by atoms with Gasteiger partial charge in [0.1, 0.15) is 5.75 Å². The topological polar surface area (TPSA) is 109 Å². The van der Waals surface area contributed by atoms with Crippen molar-refractivity contribution in [2.75, 3.05) is 40.1 Å². The Morgan fingerprint density at radius 2 is 1.36 bits per heavy atom. The Labute approximate surface area is 272 Å². The van der Waals surface area contributed by atoms with Crippen molar-refractivity contribution in [1.82, 2.24) is 5.32 Å². The van der Waals surface area contributed by atoms with Gasteiger partial charge in [0, 0.05) is 17.8 Å². The van der Waals surface area contributed by atoms with Crippen molar-refractivity contribution in [2.24, 2.45) is 5.73 Å². The van der Waals surface area contributed by atoms with E-state index >= 15 is 0 Å². The number of hydrogen-bond donors (Lipinski definition) is 2. The van der Waals surface area contributed by atoms with Gasteiger partial charge in [0.05, 0.1) is 56.3 Å². The Hall–Kier alpha value is -2.84. The second kappa shape index (κ2) is 22.6. The quantitative estimate of drug-likeness (QED) is 0.0888. The second-order valence-electron chi connectivity index (χ2n) is 11.8. The van der Waals surface area contributed by atoms with Crippen LogP contribution in [-0.2, 0) is 30.2 Å². The van der Waals surface area contributed by atoms with Gasteiger partial charge in [0.15, 0.2) is 0 Å². The standard InChI is InChI=1S/C37H60N2O6/c1-6-9-10-11-12-13-14-15-16-17-18-19-20-22-29-23-21-24-31(42-5)33(29)35-32(36(40)44-7-2)28(4)39-30(27-43-26-25-38)34(35)37(41)45-8-3/h21,23-24,35,39H,6-20,22,25-27,38H2,1-5H3. The van der Waals surface area contributed by atoms with E-state index in [0.717, 1.165) is 30.4 Å². The number of allylic oxidation sites excluding steroid dienone is 1. The summed E-state index contributed by atoms with van der Waals surface area (Å²) in [7, 11) is 1.62. The minimum absolute atomic E-state index is 0.124. The average molecular weight is 629 g/mol. The summed E-state index contributed by atoms with van der Waals surface area (Å²) in [6.45, 7) is 8.85. The van der Waals surface area contributed by atoms with Crippen LogP contribution in [0.2, 0.25) is 0 Å². The first-order chi connectivity index (χ1) is 21.9. The molecule has 1 aromatic rings. The Morgan fingerprint density at radius 3 is 1.89 bits per heavy atom. The number of nitrogens with two attached hydrogens (primary N) is 1. The molecular weight excluding hydrogens is 568 g/mol. The summed E-state index contributed by atoms with van der Waals surface area (Å²) in [6, 6.07) is 5.93. The number of carbonyl (C=O) groups excluding carboxylic acids is 2. The lowest BCUT2D eigenvalue weighted by Gasteiger charge is -2.33. The van der Waals surface area contributed by atoms with E-state index in [2.05, 4.69) is 18.3 Å². The van der Waals surface area contributed by atoms with Crippen molar-refractivity contribution in [2.45, 2.75) is 124 Å². The molecule has 1 atom stereocenters. The molecule has 1 aromatic carbocycles. The number of benzene rings is 1. The lowest BCUT2D eigenvalue weighted by Crippen LogP contribution is -2.35. The maximum Gasteiger partial charge on any atom is 0.336 e. The smallest absolute Gasteiger partial charge is 0.336 e. The number of rotatable bonds is 24. The van der Waals surface area contributed by atoms with E-state index < -0.39 is 17.9 Å². The van der Waals surface area contributed by atoms with Gasteiger partial charge in [-0.2, -0.15) is 0 Å². The van der Waals surface area contributed by atoms with Crippen molar-refractivity contribution < 1.29 is 28.5 Å². The normalized spacial score (nSPS) is 14.8. The van der Waals surface area contributed by atoms with Gasteiger partial charge < -0.3 is 30.0 Å². The minimum Gasteiger partial charge on any atom is -0.496 e. The van der Waals surface area contributed by atoms with Crippen LogP contribution in [0.5, 0.6) is 5.75 Å². The third-order valence-electron chi connectivity index (χ3n) is 8.36. The zero-order chi connectivity index (χ0) is 32.9. The third-order valence-corrected chi connectivity index (χ3v) is 8.36. The van der Waals surface area contributed by atoms with E-state index in [9.17, 15) is 9.59 Å². The molecule has 0 fully saturated rings. The van der Waals surface area contributed by atoms with Gasteiger partial charge in [-0.3, -0.25) is 0 Å². The largest absolute Gasteiger partial charge is 0.496 e. The second-order valence-corrected chi connectivity index (χ2v) is 11.8. The lowest BCUT2D eigenvalue weighted by atomic mass is 9.77. The van der Waals surface area contributed by atoms with E-state index in [1.807, 2.05) is 19.1 Å². The first-order valence-corrected chi connectivity index (χ1v) is 17.4. The predicted molar refractivity (Wildman–Crippen MR) is 181 cm³/mol. The van der Waals surface area contributed by atoms with E-state index in [1.165, 1.54) is 70.6 Å². The minimum atomic E-state index is -0.742. The summed E-state index contributed by atoms with van der Waals surface area (Å²) < 4.78 is 22.7. The van der Waals surface area contributed by atoms with Gasteiger partial charge in [-0.15, -0.1) is 0 Å². The van der Waals surface area contributed by atoms with Crippen LogP contribution in [0.1, 0.15) is 128 Å². The molecule has 0 aromatic heterocycles. The molecule has 1 aliphatic heterocycles. The molecule has 8 nitrogen and oxygen atoms in total. The highest BCUT2D eigenvalue weighted by Crippen LogP contribution is 2.45. The molecule has 0 saturated heterocycles. The highest BCUT2D eigenvalue weighted by Gasteiger charge is 2.41. The number of methoxy groups -OCH3 is 1. The summed E-state index contributed by atoms with van der Waals surface area (Å²) in [4.78, 5) is 27.1. The maximum atomic E-state index is 13.6. The molecule has 8 heteroatoms.